The van der Waals surface area contributed by atoms with Crippen molar-refractivity contribution in [2.75, 3.05) is 19.5 Å². The molecule has 0 aromatic carbocycles. The quantitative estimate of drug-likeness (QED) is 0.846. The van der Waals surface area contributed by atoms with Gasteiger partial charge in [-0.15, -0.1) is 11.3 Å². The van der Waals surface area contributed by atoms with Crippen LogP contribution in [0.15, 0.2) is 5.51 Å². The summed E-state index contributed by atoms with van der Waals surface area (Å²) in [5.41, 5.74) is 2.69. The Kier molecular flexibility index (Phi) is 4.99. The van der Waals surface area contributed by atoms with Crippen LogP contribution in [0.3, 0.4) is 0 Å². The molecular weight excluding hydrogens is 314 g/mol. The molecule has 0 saturated heterocycles. The number of hydrogen-bond acceptors (Lipinski definition) is 8. The first kappa shape index (κ1) is 15.5. The summed E-state index contributed by atoms with van der Waals surface area (Å²) in [6.07, 6.45) is 0. The summed E-state index contributed by atoms with van der Waals surface area (Å²) < 4.78 is 9.68. The number of aryl methyl sites for hydroxylation is 1. The first-order valence-corrected chi connectivity index (χ1v) is 7.54. The average molecular weight is 327 g/mol. The van der Waals surface area contributed by atoms with E-state index in [9.17, 15) is 9.59 Å². The number of esters is 1. The van der Waals surface area contributed by atoms with Crippen LogP contribution in [0.5, 0.6) is 0 Å². The van der Waals surface area contributed by atoms with E-state index in [1.807, 2.05) is 0 Å². The van der Waals surface area contributed by atoms with E-state index in [4.69, 9.17) is 4.74 Å². The summed E-state index contributed by atoms with van der Waals surface area (Å²) in [7, 11) is 2.79. The largest absolute Gasteiger partial charge is 0.465 e. The predicted molar refractivity (Wildman–Crippen MR) is 79.0 cm³/mol. The molecule has 0 spiro atoms. The molecule has 0 bridgehead atoms. The van der Waals surface area contributed by atoms with Gasteiger partial charge in [-0.2, -0.15) is 0 Å². The van der Waals surface area contributed by atoms with Gasteiger partial charge in [0.2, 0.25) is 0 Å². The lowest BCUT2D eigenvalue weighted by Crippen LogP contribution is -2.11. The van der Waals surface area contributed by atoms with E-state index in [0.717, 1.165) is 11.3 Å². The Hall–Kier alpha value is -1.84. The normalized spacial score (nSPS) is 10.4. The van der Waals surface area contributed by atoms with Crippen molar-refractivity contribution in [3.8, 4) is 0 Å². The fourth-order valence-electron chi connectivity index (χ4n) is 1.57. The second-order valence-corrected chi connectivity index (χ2v) is 5.79. The number of rotatable bonds is 5. The first-order valence-electron chi connectivity index (χ1n) is 5.85. The van der Waals surface area contributed by atoms with Crippen molar-refractivity contribution in [2.24, 2.45) is 0 Å². The van der Waals surface area contributed by atoms with E-state index in [2.05, 4.69) is 20.0 Å². The standard InChI is InChI=1S/C12H13N3O4S2/c1-6-8(20-5-13-6)10(16)15-12-14-7(4-18-2)9(21-12)11(17)19-3/h5H,4H2,1-3H3,(H,14,15,16). The Balaban J connectivity index is 2.22. The van der Waals surface area contributed by atoms with Crippen LogP contribution in [-0.2, 0) is 16.1 Å². The van der Waals surface area contributed by atoms with Gasteiger partial charge in [-0.25, -0.2) is 14.8 Å². The van der Waals surface area contributed by atoms with Gasteiger partial charge in [0, 0.05) is 7.11 Å². The van der Waals surface area contributed by atoms with Crippen LogP contribution in [0.25, 0.3) is 0 Å². The minimum absolute atomic E-state index is 0.163. The lowest BCUT2D eigenvalue weighted by molar-refractivity contribution is 0.0601. The molecule has 0 radical (unpaired) electrons. The van der Waals surface area contributed by atoms with E-state index >= 15 is 0 Å². The molecule has 7 nitrogen and oxygen atoms in total. The van der Waals surface area contributed by atoms with Crippen molar-refractivity contribution in [3.63, 3.8) is 0 Å². The molecule has 0 aliphatic carbocycles. The Morgan fingerprint density at radius 1 is 1.33 bits per heavy atom. The van der Waals surface area contributed by atoms with E-state index in [0.29, 0.717) is 26.3 Å². The lowest BCUT2D eigenvalue weighted by Gasteiger charge is -1.98. The van der Waals surface area contributed by atoms with Crippen molar-refractivity contribution >= 4 is 39.7 Å². The number of carbonyl (C=O) groups excluding carboxylic acids is 2. The first-order chi connectivity index (χ1) is 10.1. The molecule has 2 heterocycles. The Morgan fingerprint density at radius 2 is 2.10 bits per heavy atom. The summed E-state index contributed by atoms with van der Waals surface area (Å²) in [5, 5.41) is 2.98. The molecule has 2 aromatic rings. The number of anilines is 1. The Labute approximate surface area is 128 Å². The SMILES string of the molecule is COCc1nc(NC(=O)c2scnc2C)sc1C(=O)OC. The van der Waals surface area contributed by atoms with Gasteiger partial charge < -0.3 is 9.47 Å². The second kappa shape index (κ2) is 6.74. The number of ether oxygens (including phenoxy) is 2. The molecule has 1 N–H and O–H groups in total. The third kappa shape index (κ3) is 3.43. The van der Waals surface area contributed by atoms with Gasteiger partial charge in [0.15, 0.2) is 5.13 Å². The van der Waals surface area contributed by atoms with E-state index < -0.39 is 5.97 Å². The van der Waals surface area contributed by atoms with Gasteiger partial charge in [0.05, 0.1) is 30.6 Å². The van der Waals surface area contributed by atoms with Gasteiger partial charge in [-0.05, 0) is 6.92 Å². The summed E-state index contributed by atoms with van der Waals surface area (Å²) in [5.74, 6) is -0.807. The molecule has 0 fully saturated rings. The monoisotopic (exact) mass is 327 g/mol. The van der Waals surface area contributed by atoms with Crippen LogP contribution in [0.4, 0.5) is 5.13 Å². The molecule has 0 saturated carbocycles. The molecule has 0 unspecified atom stereocenters. The number of thiazole rings is 2. The molecule has 1 amide bonds. The number of amides is 1. The average Bonchev–Trinajstić information content (AvgIpc) is 3.05. The molecule has 0 atom stereocenters. The van der Waals surface area contributed by atoms with Crippen molar-refractivity contribution < 1.29 is 19.1 Å². The van der Waals surface area contributed by atoms with Crippen LogP contribution in [-0.4, -0.2) is 36.1 Å². The minimum Gasteiger partial charge on any atom is -0.465 e. The van der Waals surface area contributed by atoms with E-state index in [1.165, 1.54) is 25.6 Å². The summed E-state index contributed by atoms with van der Waals surface area (Å²) >= 11 is 2.30. The van der Waals surface area contributed by atoms with Crippen molar-refractivity contribution in [1.82, 2.24) is 9.97 Å². The van der Waals surface area contributed by atoms with Gasteiger partial charge in [-0.3, -0.25) is 10.1 Å². The van der Waals surface area contributed by atoms with Gasteiger partial charge >= 0.3 is 5.97 Å². The maximum Gasteiger partial charge on any atom is 0.350 e. The molecule has 21 heavy (non-hydrogen) atoms. The predicted octanol–water partition coefficient (Wildman–Crippen LogP) is 2.09. The number of methoxy groups -OCH3 is 2. The highest BCUT2D eigenvalue weighted by Gasteiger charge is 2.21. The highest BCUT2D eigenvalue weighted by Crippen LogP contribution is 2.25. The molecular formula is C12H13N3O4S2. The van der Waals surface area contributed by atoms with Crippen molar-refractivity contribution in [1.29, 1.82) is 0 Å². The number of aromatic nitrogens is 2. The third-order valence-corrected chi connectivity index (χ3v) is 4.44. The maximum absolute atomic E-state index is 12.1. The fourth-order valence-corrected chi connectivity index (χ4v) is 3.15. The smallest absolute Gasteiger partial charge is 0.350 e. The second-order valence-electron chi connectivity index (χ2n) is 3.94. The van der Waals surface area contributed by atoms with Crippen molar-refractivity contribution in [2.45, 2.75) is 13.5 Å². The number of nitrogens with one attached hydrogen (secondary N) is 1. The molecule has 0 aliphatic rings. The fraction of sp³-hybridized carbons (Fsp3) is 0.333. The number of carbonyl (C=O) groups is 2. The Morgan fingerprint density at radius 3 is 2.67 bits per heavy atom. The number of nitrogens with zero attached hydrogens (tertiary/aromatic N) is 2. The Bertz CT molecular complexity index is 665. The maximum atomic E-state index is 12.1. The zero-order chi connectivity index (χ0) is 15.4. The van der Waals surface area contributed by atoms with E-state index in [-0.39, 0.29) is 12.5 Å². The zero-order valence-electron chi connectivity index (χ0n) is 11.6. The topological polar surface area (TPSA) is 90.4 Å². The van der Waals surface area contributed by atoms with Crippen LogP contribution in [0.2, 0.25) is 0 Å². The van der Waals surface area contributed by atoms with Crippen LogP contribution in [0, 0.1) is 6.92 Å². The molecule has 0 aliphatic heterocycles. The van der Waals surface area contributed by atoms with Gasteiger partial charge in [-0.1, -0.05) is 11.3 Å². The summed E-state index contributed by atoms with van der Waals surface area (Å²) in [6, 6.07) is 0. The van der Waals surface area contributed by atoms with Crippen LogP contribution < -0.4 is 5.32 Å². The molecule has 2 aromatic heterocycles. The molecule has 9 heteroatoms. The molecule has 2 rings (SSSR count). The van der Waals surface area contributed by atoms with Crippen LogP contribution >= 0.6 is 22.7 Å². The summed E-state index contributed by atoms with van der Waals surface area (Å²) in [6.45, 7) is 1.92. The minimum atomic E-state index is -0.506. The highest BCUT2D eigenvalue weighted by atomic mass is 32.1. The number of hydrogen-bond donors (Lipinski definition) is 1. The van der Waals surface area contributed by atoms with Crippen LogP contribution in [0.1, 0.15) is 30.7 Å². The highest BCUT2D eigenvalue weighted by molar-refractivity contribution is 7.18. The van der Waals surface area contributed by atoms with Gasteiger partial charge in [0.1, 0.15) is 9.75 Å². The third-order valence-electron chi connectivity index (χ3n) is 2.52. The zero-order valence-corrected chi connectivity index (χ0v) is 13.3. The summed E-state index contributed by atoms with van der Waals surface area (Å²) in [4.78, 5) is 32.8. The lowest BCUT2D eigenvalue weighted by atomic mass is 10.4. The molecule has 112 valence electrons. The van der Waals surface area contributed by atoms with Gasteiger partial charge in [0.25, 0.3) is 5.91 Å². The van der Waals surface area contributed by atoms with Crippen molar-refractivity contribution in [3.05, 3.63) is 26.7 Å². The van der Waals surface area contributed by atoms with E-state index in [1.54, 1.807) is 12.4 Å².